The van der Waals surface area contributed by atoms with Crippen molar-refractivity contribution in [3.63, 3.8) is 0 Å². The molecule has 1 atom stereocenters. The summed E-state index contributed by atoms with van der Waals surface area (Å²) < 4.78 is 5.15. The molecule has 23 heavy (non-hydrogen) atoms. The molecule has 1 heterocycles. The number of imide groups is 1. The molecule has 1 fully saturated rings. The predicted octanol–water partition coefficient (Wildman–Crippen LogP) is 2.70. The number of nitrogens with two attached hydrogens (primary N) is 1. The molecule has 2 amide bonds. The van der Waals surface area contributed by atoms with E-state index in [1.54, 1.807) is 43.5 Å². The number of ether oxygens (including phenoxy) is 1. The van der Waals surface area contributed by atoms with E-state index in [0.717, 1.165) is 4.90 Å². The Hall–Kier alpha value is -2.47. The molecule has 1 saturated heterocycles. The molecule has 3 rings (SSSR count). The number of nitrogen functional groups attached to an aromatic ring is 1. The van der Waals surface area contributed by atoms with E-state index in [-0.39, 0.29) is 18.2 Å². The van der Waals surface area contributed by atoms with Crippen molar-refractivity contribution in [3.8, 4) is 5.75 Å². The van der Waals surface area contributed by atoms with Crippen LogP contribution in [-0.2, 0) is 9.59 Å². The van der Waals surface area contributed by atoms with E-state index >= 15 is 0 Å². The highest BCUT2D eigenvalue weighted by Gasteiger charge is 2.40. The Bertz CT molecular complexity index is 746. The second kappa shape index (κ2) is 6.34. The van der Waals surface area contributed by atoms with E-state index in [0.29, 0.717) is 17.1 Å². The normalized spacial score (nSPS) is 17.6. The van der Waals surface area contributed by atoms with E-state index in [1.807, 2.05) is 12.1 Å². The van der Waals surface area contributed by atoms with Crippen molar-refractivity contribution in [3.05, 3.63) is 48.5 Å². The first-order chi connectivity index (χ1) is 11.1. The molecule has 0 aromatic heterocycles. The highest BCUT2D eigenvalue weighted by Crippen LogP contribution is 2.35. The molecule has 5 nitrogen and oxygen atoms in total. The molecular weight excluding hydrogens is 312 g/mol. The third-order valence-corrected chi connectivity index (χ3v) is 4.77. The lowest BCUT2D eigenvalue weighted by Gasteiger charge is -2.15. The van der Waals surface area contributed by atoms with Crippen LogP contribution in [0.1, 0.15) is 6.42 Å². The number of hydrogen-bond acceptors (Lipinski definition) is 5. The summed E-state index contributed by atoms with van der Waals surface area (Å²) in [4.78, 5) is 27.0. The molecule has 2 aromatic carbocycles. The van der Waals surface area contributed by atoms with Gasteiger partial charge in [0.25, 0.3) is 0 Å². The van der Waals surface area contributed by atoms with Gasteiger partial charge in [-0.3, -0.25) is 9.59 Å². The maximum atomic E-state index is 12.6. The van der Waals surface area contributed by atoms with Gasteiger partial charge in [-0.15, -0.1) is 11.8 Å². The van der Waals surface area contributed by atoms with Crippen molar-refractivity contribution in [2.24, 2.45) is 0 Å². The van der Waals surface area contributed by atoms with E-state index in [4.69, 9.17) is 10.5 Å². The van der Waals surface area contributed by atoms with Crippen molar-refractivity contribution in [2.75, 3.05) is 17.7 Å². The van der Waals surface area contributed by atoms with Gasteiger partial charge < -0.3 is 10.5 Å². The monoisotopic (exact) mass is 328 g/mol. The second-order valence-electron chi connectivity index (χ2n) is 5.15. The molecule has 1 unspecified atom stereocenters. The maximum Gasteiger partial charge on any atom is 0.247 e. The fourth-order valence-corrected chi connectivity index (χ4v) is 3.48. The Balaban J connectivity index is 1.80. The molecule has 1 aliphatic heterocycles. The molecule has 0 aliphatic carbocycles. The Kier molecular flexibility index (Phi) is 4.25. The van der Waals surface area contributed by atoms with Crippen molar-refractivity contribution < 1.29 is 14.3 Å². The highest BCUT2D eigenvalue weighted by atomic mass is 32.2. The van der Waals surface area contributed by atoms with Gasteiger partial charge in [0.05, 0.1) is 18.0 Å². The number of carbonyl (C=O) groups excluding carboxylic acids is 2. The first-order valence-corrected chi connectivity index (χ1v) is 7.99. The van der Waals surface area contributed by atoms with E-state index in [1.165, 1.54) is 16.7 Å². The average Bonchev–Trinajstić information content (AvgIpc) is 2.83. The summed E-state index contributed by atoms with van der Waals surface area (Å²) in [7, 11) is 1.55. The third-order valence-electron chi connectivity index (χ3n) is 3.58. The molecule has 6 heteroatoms. The molecule has 118 valence electrons. The average molecular weight is 328 g/mol. The molecule has 0 radical (unpaired) electrons. The van der Waals surface area contributed by atoms with Crippen LogP contribution in [0.4, 0.5) is 11.4 Å². The SMILES string of the molecule is COc1cccc(N2C(=O)CC(Sc3ccc(N)cc3)C2=O)c1. The summed E-state index contributed by atoms with van der Waals surface area (Å²) in [6, 6.07) is 14.2. The number of rotatable bonds is 4. The second-order valence-corrected chi connectivity index (χ2v) is 6.42. The van der Waals surface area contributed by atoms with Crippen LogP contribution < -0.4 is 15.4 Å². The number of thioether (sulfide) groups is 1. The summed E-state index contributed by atoms with van der Waals surface area (Å²) in [6.45, 7) is 0. The molecule has 2 N–H and O–H groups in total. The predicted molar refractivity (Wildman–Crippen MR) is 90.6 cm³/mol. The van der Waals surface area contributed by atoms with Crippen LogP contribution in [-0.4, -0.2) is 24.2 Å². The Morgan fingerprint density at radius 3 is 2.61 bits per heavy atom. The van der Waals surface area contributed by atoms with Gasteiger partial charge in [-0.1, -0.05) is 6.07 Å². The zero-order valence-electron chi connectivity index (χ0n) is 12.6. The molecule has 0 saturated carbocycles. The van der Waals surface area contributed by atoms with Crippen LogP contribution in [0, 0.1) is 0 Å². The van der Waals surface area contributed by atoms with Gasteiger partial charge in [0.1, 0.15) is 5.75 Å². The van der Waals surface area contributed by atoms with Gasteiger partial charge in [0.2, 0.25) is 11.8 Å². The van der Waals surface area contributed by atoms with Crippen molar-refractivity contribution in [1.82, 2.24) is 0 Å². The van der Waals surface area contributed by atoms with Crippen LogP contribution in [0.5, 0.6) is 5.75 Å². The number of hydrogen-bond donors (Lipinski definition) is 1. The van der Waals surface area contributed by atoms with Gasteiger partial charge >= 0.3 is 0 Å². The van der Waals surface area contributed by atoms with Crippen LogP contribution >= 0.6 is 11.8 Å². The molecular formula is C17H16N2O3S. The van der Waals surface area contributed by atoms with E-state index in [2.05, 4.69) is 0 Å². The smallest absolute Gasteiger partial charge is 0.247 e. The summed E-state index contributed by atoms with van der Waals surface area (Å²) in [5.41, 5.74) is 6.87. The number of benzene rings is 2. The first-order valence-electron chi connectivity index (χ1n) is 7.11. The standard InChI is InChI=1S/C17H16N2O3S/c1-22-13-4-2-3-12(9-13)19-16(20)10-15(17(19)21)23-14-7-5-11(18)6-8-14/h2-9,15H,10,18H2,1H3. The van der Waals surface area contributed by atoms with Gasteiger partial charge in [-0.2, -0.15) is 0 Å². The first kappa shape index (κ1) is 15.4. The van der Waals surface area contributed by atoms with Gasteiger partial charge in [-0.05, 0) is 36.4 Å². The zero-order valence-corrected chi connectivity index (χ0v) is 13.4. The molecule has 1 aliphatic rings. The van der Waals surface area contributed by atoms with Gasteiger partial charge in [0, 0.05) is 23.1 Å². The van der Waals surface area contributed by atoms with Crippen LogP contribution in [0.3, 0.4) is 0 Å². The lowest BCUT2D eigenvalue weighted by atomic mass is 10.3. The topological polar surface area (TPSA) is 72.6 Å². The Morgan fingerprint density at radius 2 is 1.91 bits per heavy atom. The van der Waals surface area contributed by atoms with E-state index < -0.39 is 5.25 Å². The van der Waals surface area contributed by atoms with Gasteiger partial charge in [0.15, 0.2) is 0 Å². The number of nitrogens with zero attached hydrogens (tertiary/aromatic N) is 1. The minimum atomic E-state index is -0.419. The summed E-state index contributed by atoms with van der Waals surface area (Å²) in [5, 5.41) is -0.419. The largest absolute Gasteiger partial charge is 0.497 e. The van der Waals surface area contributed by atoms with Crippen molar-refractivity contribution in [1.29, 1.82) is 0 Å². The molecule has 0 bridgehead atoms. The van der Waals surface area contributed by atoms with Crippen molar-refractivity contribution >= 4 is 35.0 Å². The van der Waals surface area contributed by atoms with Crippen LogP contribution in [0.2, 0.25) is 0 Å². The third kappa shape index (κ3) is 3.17. The molecule has 2 aromatic rings. The van der Waals surface area contributed by atoms with Crippen LogP contribution in [0.15, 0.2) is 53.4 Å². The minimum absolute atomic E-state index is 0.186. The van der Waals surface area contributed by atoms with Crippen LogP contribution in [0.25, 0.3) is 0 Å². The zero-order chi connectivity index (χ0) is 16.4. The summed E-state index contributed by atoms with van der Waals surface area (Å²) in [6.07, 6.45) is 0.186. The van der Waals surface area contributed by atoms with Crippen molar-refractivity contribution in [2.45, 2.75) is 16.6 Å². The Labute approximate surface area is 138 Å². The lowest BCUT2D eigenvalue weighted by molar-refractivity contribution is -0.121. The molecule has 0 spiro atoms. The fourth-order valence-electron chi connectivity index (χ4n) is 2.43. The summed E-state index contributed by atoms with van der Waals surface area (Å²) in [5.74, 6) is 0.207. The number of methoxy groups -OCH3 is 1. The Morgan fingerprint density at radius 1 is 1.17 bits per heavy atom. The fraction of sp³-hybridized carbons (Fsp3) is 0.176. The minimum Gasteiger partial charge on any atom is -0.497 e. The van der Waals surface area contributed by atoms with Gasteiger partial charge in [-0.25, -0.2) is 4.90 Å². The lowest BCUT2D eigenvalue weighted by Crippen LogP contribution is -2.31. The number of anilines is 2. The summed E-state index contributed by atoms with van der Waals surface area (Å²) >= 11 is 1.38. The number of amides is 2. The quantitative estimate of drug-likeness (QED) is 0.690. The maximum absolute atomic E-state index is 12.6. The number of carbonyl (C=O) groups is 2. The van der Waals surface area contributed by atoms with E-state index in [9.17, 15) is 9.59 Å². The highest BCUT2D eigenvalue weighted by molar-refractivity contribution is 8.00.